The highest BCUT2D eigenvalue weighted by molar-refractivity contribution is 6.00. The maximum Gasteiger partial charge on any atom is 0.234 e. The Morgan fingerprint density at radius 2 is 2.00 bits per heavy atom. The molecule has 1 aromatic rings. The molecule has 0 radical (unpaired) electrons. The molecule has 0 unspecified atom stereocenters. The second kappa shape index (κ2) is 4.15. The van der Waals surface area contributed by atoms with Crippen molar-refractivity contribution in [2.24, 2.45) is 5.41 Å². The Kier molecular flexibility index (Phi) is 2.63. The third kappa shape index (κ3) is 1.75. The van der Waals surface area contributed by atoms with Gasteiger partial charge in [-0.15, -0.1) is 0 Å². The monoisotopic (exact) mass is 230 g/mol. The molecule has 2 aliphatic heterocycles. The van der Waals surface area contributed by atoms with Crippen molar-refractivity contribution in [2.45, 2.75) is 19.3 Å². The van der Waals surface area contributed by atoms with Gasteiger partial charge in [0.05, 0.1) is 5.41 Å². The lowest BCUT2D eigenvalue weighted by Crippen LogP contribution is -2.45. The average Bonchev–Trinajstić information content (AvgIpc) is 2.70. The summed E-state index contributed by atoms with van der Waals surface area (Å²) in [5.74, 6) is 0.316. The van der Waals surface area contributed by atoms with Crippen LogP contribution in [0.25, 0.3) is 0 Å². The second-order valence-corrected chi connectivity index (χ2v) is 5.10. The third-order valence-electron chi connectivity index (χ3n) is 4.05. The molecule has 90 valence electrons. The van der Waals surface area contributed by atoms with Gasteiger partial charge in [0, 0.05) is 18.8 Å². The Morgan fingerprint density at radius 1 is 1.18 bits per heavy atom. The van der Waals surface area contributed by atoms with E-state index in [-0.39, 0.29) is 5.41 Å². The molecule has 1 amide bonds. The maximum absolute atomic E-state index is 12.6. The smallest absolute Gasteiger partial charge is 0.234 e. The van der Waals surface area contributed by atoms with E-state index in [1.165, 1.54) is 0 Å². The van der Waals surface area contributed by atoms with Gasteiger partial charge in [0.2, 0.25) is 5.91 Å². The van der Waals surface area contributed by atoms with Crippen LogP contribution in [0.3, 0.4) is 0 Å². The van der Waals surface area contributed by atoms with E-state index in [1.807, 2.05) is 35.2 Å². The zero-order chi connectivity index (χ0) is 11.7. The standard InChI is InChI=1S/C14H18N2O/c17-13-14(7-4-9-15-11-14)8-10-16(13)12-5-2-1-3-6-12/h1-3,5-6,15H,4,7-11H2/t14-/m1/s1. The van der Waals surface area contributed by atoms with E-state index in [4.69, 9.17) is 0 Å². The quantitative estimate of drug-likeness (QED) is 0.797. The number of hydrogen-bond acceptors (Lipinski definition) is 2. The molecule has 0 saturated carbocycles. The zero-order valence-electron chi connectivity index (χ0n) is 9.98. The molecule has 2 fully saturated rings. The fourth-order valence-corrected chi connectivity index (χ4v) is 3.04. The predicted octanol–water partition coefficient (Wildman–Crippen LogP) is 1.79. The number of rotatable bonds is 1. The number of amides is 1. The first-order valence-electron chi connectivity index (χ1n) is 6.40. The Morgan fingerprint density at radius 3 is 2.71 bits per heavy atom. The summed E-state index contributed by atoms with van der Waals surface area (Å²) in [5.41, 5.74) is 0.925. The Balaban J connectivity index is 1.85. The Hall–Kier alpha value is -1.35. The van der Waals surface area contributed by atoms with Crippen LogP contribution in [0, 0.1) is 5.41 Å². The summed E-state index contributed by atoms with van der Waals surface area (Å²) in [6, 6.07) is 10.0. The first-order chi connectivity index (χ1) is 8.32. The molecule has 3 rings (SSSR count). The minimum absolute atomic E-state index is 0.117. The number of anilines is 1. The minimum Gasteiger partial charge on any atom is -0.316 e. The summed E-state index contributed by atoms with van der Waals surface area (Å²) in [5, 5.41) is 3.37. The Labute approximate surface area is 102 Å². The summed E-state index contributed by atoms with van der Waals surface area (Å²) in [6.07, 6.45) is 3.16. The van der Waals surface area contributed by atoms with E-state index in [2.05, 4.69) is 5.32 Å². The van der Waals surface area contributed by atoms with Gasteiger partial charge in [0.25, 0.3) is 0 Å². The van der Waals surface area contributed by atoms with E-state index in [1.54, 1.807) is 0 Å². The van der Waals surface area contributed by atoms with Gasteiger partial charge in [-0.2, -0.15) is 0 Å². The highest BCUT2D eigenvalue weighted by Gasteiger charge is 2.47. The van der Waals surface area contributed by atoms with Gasteiger partial charge in [-0.3, -0.25) is 4.79 Å². The molecule has 3 heteroatoms. The van der Waals surface area contributed by atoms with Gasteiger partial charge < -0.3 is 10.2 Å². The number of carbonyl (C=O) groups is 1. The van der Waals surface area contributed by atoms with Gasteiger partial charge in [-0.25, -0.2) is 0 Å². The first kappa shape index (κ1) is 10.8. The highest BCUT2D eigenvalue weighted by Crippen LogP contribution is 2.39. The van der Waals surface area contributed by atoms with Crippen LogP contribution in [0.2, 0.25) is 0 Å². The van der Waals surface area contributed by atoms with E-state index in [9.17, 15) is 4.79 Å². The number of benzene rings is 1. The normalized spacial score (nSPS) is 28.9. The maximum atomic E-state index is 12.6. The third-order valence-corrected chi connectivity index (χ3v) is 4.05. The Bertz CT molecular complexity index is 409. The molecule has 2 aliphatic rings. The average molecular weight is 230 g/mol. The summed E-state index contributed by atoms with van der Waals surface area (Å²) in [6.45, 7) is 2.78. The van der Waals surface area contributed by atoms with Crippen molar-refractivity contribution >= 4 is 11.6 Å². The number of hydrogen-bond donors (Lipinski definition) is 1. The van der Waals surface area contributed by atoms with Crippen molar-refractivity contribution in [3.8, 4) is 0 Å². The molecule has 0 aromatic heterocycles. The SMILES string of the molecule is O=C1N(c2ccccc2)CC[C@@]12CCCNC2. The van der Waals surface area contributed by atoms with E-state index in [0.717, 1.165) is 44.6 Å². The molecule has 0 bridgehead atoms. The molecule has 1 N–H and O–H groups in total. The molecule has 0 aliphatic carbocycles. The highest BCUT2D eigenvalue weighted by atomic mass is 16.2. The number of nitrogens with zero attached hydrogens (tertiary/aromatic N) is 1. The largest absolute Gasteiger partial charge is 0.316 e. The zero-order valence-corrected chi connectivity index (χ0v) is 9.98. The summed E-state index contributed by atoms with van der Waals surface area (Å²) >= 11 is 0. The van der Waals surface area contributed by atoms with Crippen LogP contribution in [-0.2, 0) is 4.79 Å². The summed E-state index contributed by atoms with van der Waals surface area (Å²) < 4.78 is 0. The van der Waals surface area contributed by atoms with Crippen molar-refractivity contribution in [3.05, 3.63) is 30.3 Å². The molecule has 1 aromatic carbocycles. The molecule has 2 saturated heterocycles. The minimum atomic E-state index is -0.117. The van der Waals surface area contributed by atoms with Crippen molar-refractivity contribution in [2.75, 3.05) is 24.5 Å². The van der Waals surface area contributed by atoms with E-state index < -0.39 is 0 Å². The number of nitrogens with one attached hydrogen (secondary N) is 1. The topological polar surface area (TPSA) is 32.3 Å². The van der Waals surface area contributed by atoms with Gasteiger partial charge in [0.1, 0.15) is 0 Å². The van der Waals surface area contributed by atoms with Gasteiger partial charge in [0.15, 0.2) is 0 Å². The van der Waals surface area contributed by atoms with E-state index in [0.29, 0.717) is 5.91 Å². The molecule has 2 heterocycles. The molecule has 1 spiro atoms. The molecule has 1 atom stereocenters. The van der Waals surface area contributed by atoms with Crippen molar-refractivity contribution in [1.29, 1.82) is 0 Å². The van der Waals surface area contributed by atoms with Crippen LogP contribution >= 0.6 is 0 Å². The van der Waals surface area contributed by atoms with Crippen LogP contribution in [0.5, 0.6) is 0 Å². The number of para-hydroxylation sites is 1. The molecular weight excluding hydrogens is 212 g/mol. The first-order valence-corrected chi connectivity index (χ1v) is 6.40. The van der Waals surface area contributed by atoms with Crippen LogP contribution in [0.15, 0.2) is 30.3 Å². The van der Waals surface area contributed by atoms with Crippen molar-refractivity contribution in [3.63, 3.8) is 0 Å². The molecule has 3 nitrogen and oxygen atoms in total. The van der Waals surface area contributed by atoms with Gasteiger partial charge in [-0.1, -0.05) is 18.2 Å². The van der Waals surface area contributed by atoms with Gasteiger partial charge >= 0.3 is 0 Å². The second-order valence-electron chi connectivity index (χ2n) is 5.10. The molecular formula is C14H18N2O. The van der Waals surface area contributed by atoms with Crippen molar-refractivity contribution in [1.82, 2.24) is 5.32 Å². The lowest BCUT2D eigenvalue weighted by atomic mass is 9.79. The van der Waals surface area contributed by atoms with Crippen LogP contribution in [0.1, 0.15) is 19.3 Å². The number of carbonyl (C=O) groups excluding carboxylic acids is 1. The molecule has 17 heavy (non-hydrogen) atoms. The fourth-order valence-electron chi connectivity index (χ4n) is 3.04. The lowest BCUT2D eigenvalue weighted by molar-refractivity contribution is -0.126. The number of piperidine rings is 1. The van der Waals surface area contributed by atoms with E-state index >= 15 is 0 Å². The summed E-state index contributed by atoms with van der Waals surface area (Å²) in [4.78, 5) is 14.5. The van der Waals surface area contributed by atoms with Crippen LogP contribution in [0.4, 0.5) is 5.69 Å². The van der Waals surface area contributed by atoms with Crippen LogP contribution in [-0.4, -0.2) is 25.5 Å². The predicted molar refractivity (Wildman–Crippen MR) is 67.9 cm³/mol. The summed E-state index contributed by atoms with van der Waals surface area (Å²) in [7, 11) is 0. The van der Waals surface area contributed by atoms with Gasteiger partial charge in [-0.05, 0) is 37.9 Å². The fraction of sp³-hybridized carbons (Fsp3) is 0.500. The van der Waals surface area contributed by atoms with Crippen LogP contribution < -0.4 is 10.2 Å². The lowest BCUT2D eigenvalue weighted by Gasteiger charge is -2.32. The van der Waals surface area contributed by atoms with Crippen molar-refractivity contribution < 1.29 is 4.79 Å².